The minimum absolute atomic E-state index is 0.0561. The van der Waals surface area contributed by atoms with Crippen LogP contribution < -0.4 is 5.32 Å². The number of carbonyl (C=O) groups is 1. The summed E-state index contributed by atoms with van der Waals surface area (Å²) in [5, 5.41) is 13.8. The van der Waals surface area contributed by atoms with E-state index in [1.54, 1.807) is 0 Å². The number of nitrogens with one attached hydrogen (secondary N) is 1. The quantitative estimate of drug-likeness (QED) is 0.832. The molecule has 3 nitrogen and oxygen atoms in total. The number of aliphatic hydroxyl groups is 1. The molecule has 0 aliphatic heterocycles. The monoisotopic (exact) mass is 295 g/mol. The highest BCUT2D eigenvalue weighted by Gasteiger charge is 2.37. The van der Waals surface area contributed by atoms with Gasteiger partial charge in [0.1, 0.15) is 0 Å². The molecule has 2 unspecified atom stereocenters. The predicted molar refractivity (Wildman–Crippen MR) is 86.0 cm³/mol. The summed E-state index contributed by atoms with van der Waals surface area (Å²) in [7, 11) is 0. The van der Waals surface area contributed by atoms with E-state index in [2.05, 4.69) is 26.1 Å². The highest BCUT2D eigenvalue weighted by atomic mass is 16.3. The van der Waals surface area contributed by atoms with Gasteiger partial charge in [0.2, 0.25) is 5.91 Å². The smallest absolute Gasteiger partial charge is 0.223 e. The molecule has 2 aliphatic carbocycles. The first-order chi connectivity index (χ1) is 9.80. The van der Waals surface area contributed by atoms with E-state index in [1.807, 2.05) is 0 Å². The maximum Gasteiger partial charge on any atom is 0.223 e. The van der Waals surface area contributed by atoms with Crippen LogP contribution in [0, 0.1) is 11.3 Å². The molecule has 2 N–H and O–H groups in total. The van der Waals surface area contributed by atoms with Crippen molar-refractivity contribution in [2.24, 2.45) is 11.3 Å². The zero-order valence-corrected chi connectivity index (χ0v) is 14.1. The van der Waals surface area contributed by atoms with Gasteiger partial charge < -0.3 is 10.4 Å². The van der Waals surface area contributed by atoms with Gasteiger partial charge in [0, 0.05) is 6.04 Å². The molecule has 2 rings (SSSR count). The third kappa shape index (κ3) is 4.70. The summed E-state index contributed by atoms with van der Waals surface area (Å²) < 4.78 is 0. The topological polar surface area (TPSA) is 49.3 Å². The largest absolute Gasteiger partial charge is 0.389 e. The molecule has 2 aliphatic rings. The lowest BCUT2D eigenvalue weighted by atomic mass is 9.69. The fourth-order valence-electron chi connectivity index (χ4n) is 4.28. The second-order valence-electron chi connectivity index (χ2n) is 8.39. The first-order valence-electron chi connectivity index (χ1n) is 8.82. The van der Waals surface area contributed by atoms with Crippen molar-refractivity contribution in [3.8, 4) is 0 Å². The molecule has 2 saturated carbocycles. The Kier molecular flexibility index (Phi) is 5.34. The summed E-state index contributed by atoms with van der Waals surface area (Å²) in [4.78, 5) is 12.4. The average Bonchev–Trinajstić information content (AvgIpc) is 2.38. The van der Waals surface area contributed by atoms with Crippen LogP contribution in [0.3, 0.4) is 0 Å². The number of carbonyl (C=O) groups excluding carboxylic acids is 1. The van der Waals surface area contributed by atoms with E-state index >= 15 is 0 Å². The highest BCUT2D eigenvalue weighted by Crippen LogP contribution is 2.38. The van der Waals surface area contributed by atoms with Crippen LogP contribution in [-0.2, 0) is 4.79 Å². The van der Waals surface area contributed by atoms with Gasteiger partial charge >= 0.3 is 0 Å². The van der Waals surface area contributed by atoms with Gasteiger partial charge in [-0.25, -0.2) is 0 Å². The predicted octanol–water partition coefficient (Wildman–Crippen LogP) is 3.79. The van der Waals surface area contributed by atoms with E-state index in [-0.39, 0.29) is 11.3 Å². The molecule has 0 aromatic heterocycles. The molecule has 0 heterocycles. The SMILES string of the molecule is CC(C)(C)C1CCCCC1NC(=O)CC1(O)CCCCC1. The summed E-state index contributed by atoms with van der Waals surface area (Å²) in [5.74, 6) is 0.608. The fourth-order valence-corrected chi connectivity index (χ4v) is 4.28. The van der Waals surface area contributed by atoms with Crippen molar-refractivity contribution in [3.05, 3.63) is 0 Å². The molecule has 3 heteroatoms. The van der Waals surface area contributed by atoms with Crippen molar-refractivity contribution in [1.82, 2.24) is 5.32 Å². The molecule has 0 spiro atoms. The summed E-state index contributed by atoms with van der Waals surface area (Å²) in [6.45, 7) is 6.82. The van der Waals surface area contributed by atoms with Gasteiger partial charge in [-0.1, -0.05) is 52.9 Å². The van der Waals surface area contributed by atoms with Crippen molar-refractivity contribution < 1.29 is 9.90 Å². The Hall–Kier alpha value is -0.570. The van der Waals surface area contributed by atoms with Crippen molar-refractivity contribution >= 4 is 5.91 Å². The van der Waals surface area contributed by atoms with E-state index in [1.165, 1.54) is 25.7 Å². The zero-order valence-electron chi connectivity index (χ0n) is 14.1. The molecular weight excluding hydrogens is 262 g/mol. The standard InChI is InChI=1S/C18H33NO2/c1-17(2,3)14-9-5-6-10-15(14)19-16(20)13-18(21)11-7-4-8-12-18/h14-15,21H,4-13H2,1-3H3,(H,19,20). The van der Waals surface area contributed by atoms with E-state index in [0.717, 1.165) is 32.1 Å². The number of hydrogen-bond acceptors (Lipinski definition) is 2. The van der Waals surface area contributed by atoms with Crippen LogP contribution in [0.2, 0.25) is 0 Å². The van der Waals surface area contributed by atoms with Gasteiger partial charge in [-0.2, -0.15) is 0 Å². The number of amides is 1. The highest BCUT2D eigenvalue weighted by molar-refractivity contribution is 5.77. The van der Waals surface area contributed by atoms with Crippen molar-refractivity contribution in [2.75, 3.05) is 0 Å². The van der Waals surface area contributed by atoms with Crippen LogP contribution in [-0.4, -0.2) is 22.7 Å². The molecule has 0 aromatic rings. The fraction of sp³-hybridized carbons (Fsp3) is 0.944. The van der Waals surface area contributed by atoms with E-state index in [4.69, 9.17) is 0 Å². The Bertz CT molecular complexity index is 353. The molecule has 0 radical (unpaired) electrons. The van der Waals surface area contributed by atoms with Crippen LogP contribution >= 0.6 is 0 Å². The summed E-state index contributed by atoms with van der Waals surface area (Å²) >= 11 is 0. The van der Waals surface area contributed by atoms with Gasteiger partial charge in [0.25, 0.3) is 0 Å². The minimum atomic E-state index is -0.742. The van der Waals surface area contributed by atoms with E-state index < -0.39 is 5.60 Å². The summed E-state index contributed by atoms with van der Waals surface area (Å²) in [5.41, 5.74) is -0.506. The summed E-state index contributed by atoms with van der Waals surface area (Å²) in [6, 6.07) is 0.290. The lowest BCUT2D eigenvalue weighted by Crippen LogP contribution is -2.48. The second-order valence-corrected chi connectivity index (χ2v) is 8.39. The van der Waals surface area contributed by atoms with Crippen LogP contribution in [0.4, 0.5) is 0 Å². The first kappa shape index (κ1) is 16.8. The van der Waals surface area contributed by atoms with Crippen LogP contribution in [0.15, 0.2) is 0 Å². The van der Waals surface area contributed by atoms with Gasteiger partial charge in [0.15, 0.2) is 0 Å². The van der Waals surface area contributed by atoms with E-state index in [9.17, 15) is 9.90 Å². The third-order valence-corrected chi connectivity index (χ3v) is 5.50. The maximum atomic E-state index is 12.4. The average molecular weight is 295 g/mol. The van der Waals surface area contributed by atoms with Crippen molar-refractivity contribution in [2.45, 2.75) is 96.6 Å². The van der Waals surface area contributed by atoms with Crippen LogP contribution in [0.5, 0.6) is 0 Å². The Morgan fingerprint density at radius 3 is 2.33 bits per heavy atom. The van der Waals surface area contributed by atoms with Gasteiger partial charge in [-0.15, -0.1) is 0 Å². The van der Waals surface area contributed by atoms with Gasteiger partial charge in [0.05, 0.1) is 12.0 Å². The maximum absolute atomic E-state index is 12.4. The molecule has 2 fully saturated rings. The van der Waals surface area contributed by atoms with Crippen LogP contribution in [0.1, 0.15) is 85.0 Å². The van der Waals surface area contributed by atoms with E-state index in [0.29, 0.717) is 18.4 Å². The second kappa shape index (κ2) is 6.68. The minimum Gasteiger partial charge on any atom is -0.389 e. The number of hydrogen-bond donors (Lipinski definition) is 2. The van der Waals surface area contributed by atoms with Crippen molar-refractivity contribution in [3.63, 3.8) is 0 Å². The molecule has 0 bridgehead atoms. The Morgan fingerprint density at radius 2 is 1.71 bits per heavy atom. The lowest BCUT2D eigenvalue weighted by Gasteiger charge is -2.41. The molecule has 0 aromatic carbocycles. The zero-order chi connectivity index (χ0) is 15.5. The Labute approximate surface area is 129 Å². The third-order valence-electron chi connectivity index (χ3n) is 5.50. The molecule has 21 heavy (non-hydrogen) atoms. The lowest BCUT2D eigenvalue weighted by molar-refractivity contribution is -0.129. The molecule has 2 atom stereocenters. The van der Waals surface area contributed by atoms with Crippen molar-refractivity contribution in [1.29, 1.82) is 0 Å². The molecular formula is C18H33NO2. The molecule has 122 valence electrons. The first-order valence-corrected chi connectivity index (χ1v) is 8.82. The normalized spacial score (nSPS) is 29.9. The molecule has 1 amide bonds. The van der Waals surface area contributed by atoms with Gasteiger partial charge in [-0.05, 0) is 37.0 Å². The van der Waals surface area contributed by atoms with Crippen LogP contribution in [0.25, 0.3) is 0 Å². The Balaban J connectivity index is 1.91. The van der Waals surface area contributed by atoms with Gasteiger partial charge in [-0.3, -0.25) is 4.79 Å². The summed E-state index contributed by atoms with van der Waals surface area (Å²) in [6.07, 6.45) is 9.95. The number of rotatable bonds is 3. The molecule has 0 saturated heterocycles. The Morgan fingerprint density at radius 1 is 1.10 bits per heavy atom.